The number of halogens is 1. The van der Waals surface area contributed by atoms with Crippen LogP contribution in [0.4, 0.5) is 14.9 Å². The molecule has 0 spiro atoms. The van der Waals surface area contributed by atoms with Gasteiger partial charge in [0.1, 0.15) is 11.5 Å². The molecule has 2 aliphatic rings. The van der Waals surface area contributed by atoms with Crippen LogP contribution in [0, 0.1) is 11.7 Å². The van der Waals surface area contributed by atoms with Gasteiger partial charge in [-0.05, 0) is 81.4 Å². The molecular weight excluding hydrogens is 766 g/mol. The van der Waals surface area contributed by atoms with E-state index in [1.807, 2.05) is 18.3 Å². The van der Waals surface area contributed by atoms with Crippen LogP contribution in [0.5, 0.6) is 11.5 Å². The number of methoxy groups -OCH3 is 1. The zero-order valence-corrected chi connectivity index (χ0v) is 34.2. The number of thiophene rings is 1. The van der Waals surface area contributed by atoms with Gasteiger partial charge >= 0.3 is 6.03 Å². The number of nitrogens with zero attached hydrogens (tertiary/aromatic N) is 3. The number of nitrogens with one attached hydrogen (secondary N) is 2. The summed E-state index contributed by atoms with van der Waals surface area (Å²) in [6, 6.07) is 12.1. The molecule has 4 heterocycles. The summed E-state index contributed by atoms with van der Waals surface area (Å²) < 4.78 is 48.8. The zero-order valence-electron chi connectivity index (χ0n) is 33.4. The van der Waals surface area contributed by atoms with E-state index in [0.29, 0.717) is 83.1 Å². The first kappa shape index (κ1) is 43.5. The summed E-state index contributed by atoms with van der Waals surface area (Å²) in [5, 5.41) is 5.49. The van der Waals surface area contributed by atoms with Gasteiger partial charge in [-0.3, -0.25) is 19.7 Å². The number of pyridine rings is 2. The first-order chi connectivity index (χ1) is 28.4. The highest BCUT2D eigenvalue weighted by Crippen LogP contribution is 2.39. The van der Waals surface area contributed by atoms with Crippen LogP contribution in [0.3, 0.4) is 0 Å². The first-order valence-corrected chi connectivity index (χ1v) is 21.2. The lowest BCUT2D eigenvalue weighted by Crippen LogP contribution is -2.30. The standard InChI is InChI=1S/C43H56FN5O8S/c1-52-19-20-54-23-24-56-26-25-55-22-21-53-18-14-38(50)32-5-2-3-16-49(17-4-6-32)30-31-7-11-36(46-29-31)41-28-37-42(58-41)40(13-15-45-37)57-39-12-10-34(27-35(39)44)48-43(51)47-33-8-9-33/h7,10-13,15,27-29,32-33H,2-6,8-9,14,16-26,30H2,1H3,(H2,47,48,51). The van der Waals surface area contributed by atoms with Crippen LogP contribution in [-0.4, -0.2) is 112 Å². The second-order valence-electron chi connectivity index (χ2n) is 14.6. The predicted molar refractivity (Wildman–Crippen MR) is 221 cm³/mol. The lowest BCUT2D eigenvalue weighted by atomic mass is 9.91. The highest BCUT2D eigenvalue weighted by atomic mass is 32.1. The predicted octanol–water partition coefficient (Wildman–Crippen LogP) is 7.63. The fourth-order valence-electron chi connectivity index (χ4n) is 6.71. The van der Waals surface area contributed by atoms with Crippen LogP contribution in [-0.2, 0) is 35.0 Å². The summed E-state index contributed by atoms with van der Waals surface area (Å²) in [6.45, 7) is 7.28. The van der Waals surface area contributed by atoms with Crippen LogP contribution in [0.1, 0.15) is 56.9 Å². The van der Waals surface area contributed by atoms with Crippen molar-refractivity contribution in [3.05, 3.63) is 66.2 Å². The third kappa shape index (κ3) is 14.3. The van der Waals surface area contributed by atoms with Gasteiger partial charge in [-0.2, -0.15) is 0 Å². The molecule has 1 unspecified atom stereocenters. The zero-order chi connectivity index (χ0) is 40.4. The van der Waals surface area contributed by atoms with Crippen LogP contribution >= 0.6 is 11.3 Å². The van der Waals surface area contributed by atoms with Gasteiger partial charge < -0.3 is 39.1 Å². The van der Waals surface area contributed by atoms with Crippen LogP contribution in [0.15, 0.2) is 54.9 Å². The third-order valence-electron chi connectivity index (χ3n) is 9.98. The van der Waals surface area contributed by atoms with E-state index in [4.69, 9.17) is 33.4 Å². The van der Waals surface area contributed by atoms with Crippen molar-refractivity contribution in [2.75, 3.05) is 85.0 Å². The van der Waals surface area contributed by atoms with Crippen molar-refractivity contribution in [3.8, 4) is 22.1 Å². The highest BCUT2D eigenvalue weighted by Gasteiger charge is 2.24. The van der Waals surface area contributed by atoms with E-state index in [1.165, 1.54) is 23.5 Å². The Labute approximate surface area is 343 Å². The Kier molecular flexibility index (Phi) is 17.6. The molecule has 314 valence electrons. The quantitative estimate of drug-likeness (QED) is 0.0714. The van der Waals surface area contributed by atoms with E-state index in [-0.39, 0.29) is 23.7 Å². The number of hydrogen-bond donors (Lipinski definition) is 2. The molecule has 3 aromatic heterocycles. The number of fused-ring (bicyclic) bond motifs is 1. The molecule has 1 saturated heterocycles. The molecule has 58 heavy (non-hydrogen) atoms. The van der Waals surface area contributed by atoms with Crippen molar-refractivity contribution < 1.29 is 42.4 Å². The topological polar surface area (TPSA) is 143 Å². The number of ketones is 1. The van der Waals surface area contributed by atoms with Gasteiger partial charge in [0.2, 0.25) is 0 Å². The Hall–Kier alpha value is -4.09. The van der Waals surface area contributed by atoms with Crippen LogP contribution in [0.25, 0.3) is 20.8 Å². The molecule has 0 bridgehead atoms. The number of carbonyl (C=O) groups is 2. The number of ether oxygens (including phenoxy) is 6. The van der Waals surface area contributed by atoms with Gasteiger partial charge in [0.15, 0.2) is 11.6 Å². The average molecular weight is 822 g/mol. The lowest BCUT2D eigenvalue weighted by Gasteiger charge is -2.21. The summed E-state index contributed by atoms with van der Waals surface area (Å²) in [5.41, 5.74) is 3.05. The molecule has 1 atom stereocenters. The van der Waals surface area contributed by atoms with E-state index in [9.17, 15) is 9.59 Å². The summed E-state index contributed by atoms with van der Waals surface area (Å²) in [4.78, 5) is 37.8. The first-order valence-electron chi connectivity index (χ1n) is 20.4. The normalized spacial score (nSPS) is 16.4. The number of Topliss-reactive ketones (excluding diaryl/α,β-unsaturated/α-hetero) is 1. The fourth-order valence-corrected chi connectivity index (χ4v) is 7.75. The van der Waals surface area contributed by atoms with E-state index in [0.717, 1.165) is 90.9 Å². The number of rotatable bonds is 23. The molecule has 1 aliphatic carbocycles. The maximum Gasteiger partial charge on any atom is 0.319 e. The minimum atomic E-state index is -0.582. The lowest BCUT2D eigenvalue weighted by molar-refractivity contribution is -0.124. The van der Waals surface area contributed by atoms with Crippen molar-refractivity contribution in [1.82, 2.24) is 20.2 Å². The van der Waals surface area contributed by atoms with Crippen molar-refractivity contribution in [2.45, 2.75) is 64.0 Å². The van der Waals surface area contributed by atoms with Gasteiger partial charge in [0.25, 0.3) is 0 Å². The van der Waals surface area contributed by atoms with Crippen molar-refractivity contribution in [1.29, 1.82) is 0 Å². The van der Waals surface area contributed by atoms with Gasteiger partial charge in [-0.25, -0.2) is 9.18 Å². The molecule has 0 radical (unpaired) electrons. The molecule has 1 aromatic carbocycles. The largest absolute Gasteiger partial charge is 0.453 e. The number of hydrogen-bond acceptors (Lipinski definition) is 12. The van der Waals surface area contributed by atoms with Crippen molar-refractivity contribution >= 4 is 39.1 Å². The maximum absolute atomic E-state index is 15.0. The van der Waals surface area contributed by atoms with Crippen LogP contribution < -0.4 is 15.4 Å². The summed E-state index contributed by atoms with van der Waals surface area (Å²) in [7, 11) is 1.64. The molecule has 2 fully saturated rings. The Balaban J connectivity index is 0.899. The average Bonchev–Trinajstić information content (AvgIpc) is 3.90. The summed E-state index contributed by atoms with van der Waals surface area (Å²) >= 11 is 1.49. The molecule has 1 saturated carbocycles. The second-order valence-corrected chi connectivity index (χ2v) is 15.6. The minimum Gasteiger partial charge on any atom is -0.453 e. The third-order valence-corrected chi connectivity index (χ3v) is 11.1. The number of urea groups is 1. The number of carbonyl (C=O) groups excluding carboxylic acids is 2. The van der Waals surface area contributed by atoms with E-state index in [2.05, 4.69) is 26.6 Å². The maximum atomic E-state index is 15.0. The Bertz CT molecular complexity index is 1880. The Morgan fingerprint density at radius 2 is 1.53 bits per heavy atom. The summed E-state index contributed by atoms with van der Waals surface area (Å²) in [5.74, 6) is 0.352. The van der Waals surface area contributed by atoms with Gasteiger partial charge in [0.05, 0.1) is 80.2 Å². The van der Waals surface area contributed by atoms with Crippen molar-refractivity contribution in [2.24, 2.45) is 5.92 Å². The molecular formula is C43H56FN5O8S. The number of amides is 2. The minimum absolute atomic E-state index is 0.0537. The van der Waals surface area contributed by atoms with E-state index < -0.39 is 5.82 Å². The van der Waals surface area contributed by atoms with Gasteiger partial charge in [0, 0.05) is 62.2 Å². The highest BCUT2D eigenvalue weighted by molar-refractivity contribution is 7.22. The Morgan fingerprint density at radius 3 is 2.24 bits per heavy atom. The monoisotopic (exact) mass is 821 g/mol. The molecule has 6 rings (SSSR count). The molecule has 2 amide bonds. The molecule has 4 aromatic rings. The molecule has 13 nitrogen and oxygen atoms in total. The van der Waals surface area contributed by atoms with E-state index >= 15 is 4.39 Å². The van der Waals surface area contributed by atoms with Crippen LogP contribution in [0.2, 0.25) is 0 Å². The van der Waals surface area contributed by atoms with Gasteiger partial charge in [-0.15, -0.1) is 11.3 Å². The molecule has 15 heteroatoms. The molecule has 2 N–H and O–H groups in total. The number of benzene rings is 1. The summed E-state index contributed by atoms with van der Waals surface area (Å²) in [6.07, 6.45) is 10.8. The Morgan fingerprint density at radius 1 is 0.810 bits per heavy atom. The number of anilines is 1. The SMILES string of the molecule is COCCOCCOCCOCCOCCC(=O)C1CCCCN(Cc2ccc(-c3cc4nccc(Oc5ccc(NC(=O)NC6CC6)cc5F)c4s3)nc2)CCC1. The molecule has 1 aliphatic heterocycles. The smallest absolute Gasteiger partial charge is 0.319 e. The second kappa shape index (κ2) is 23.5. The van der Waals surface area contributed by atoms with Crippen molar-refractivity contribution in [3.63, 3.8) is 0 Å². The van der Waals surface area contributed by atoms with Gasteiger partial charge in [-0.1, -0.05) is 12.5 Å². The van der Waals surface area contributed by atoms with E-state index in [1.54, 1.807) is 25.4 Å². The number of aromatic nitrogens is 2. The fraction of sp³-hybridized carbons (Fsp3) is 0.535.